The lowest BCUT2D eigenvalue weighted by Crippen LogP contribution is -2.20. The Kier molecular flexibility index (Phi) is 4.41. The van der Waals surface area contributed by atoms with E-state index in [2.05, 4.69) is 21.2 Å². The maximum atomic E-state index is 12.6. The van der Waals surface area contributed by atoms with Crippen LogP contribution in [0.2, 0.25) is 0 Å². The van der Waals surface area contributed by atoms with Gasteiger partial charge in [0.1, 0.15) is 5.82 Å². The van der Waals surface area contributed by atoms with Crippen LogP contribution in [0.25, 0.3) is 0 Å². The van der Waals surface area contributed by atoms with E-state index in [0.717, 1.165) is 5.56 Å². The molecule has 1 rings (SSSR count). The molecule has 1 aromatic carbocycles. The first-order chi connectivity index (χ1) is 6.59. The minimum atomic E-state index is -2.37. The van der Waals surface area contributed by atoms with Gasteiger partial charge in [0.25, 0.3) is 6.43 Å². The number of benzene rings is 1. The van der Waals surface area contributed by atoms with Gasteiger partial charge in [-0.25, -0.2) is 13.2 Å². The summed E-state index contributed by atoms with van der Waals surface area (Å²) in [5.74, 6) is -0.352. The normalized spacial score (nSPS) is 10.9. The summed E-state index contributed by atoms with van der Waals surface area (Å²) in [6.07, 6.45) is -2.37. The topological polar surface area (TPSA) is 12.0 Å². The summed E-state index contributed by atoms with van der Waals surface area (Å²) in [4.78, 5) is 0. The molecule has 78 valence electrons. The van der Waals surface area contributed by atoms with Gasteiger partial charge in [-0.05, 0) is 17.7 Å². The lowest BCUT2D eigenvalue weighted by Gasteiger charge is -2.06. The smallest absolute Gasteiger partial charge is 0.250 e. The van der Waals surface area contributed by atoms with E-state index in [1.807, 2.05) is 0 Å². The fourth-order valence-electron chi connectivity index (χ4n) is 0.981. The molecule has 0 aliphatic rings. The van der Waals surface area contributed by atoms with Crippen molar-refractivity contribution in [2.45, 2.75) is 13.0 Å². The number of hydrogen-bond acceptors (Lipinski definition) is 1. The molecule has 0 saturated heterocycles. The monoisotopic (exact) mass is 267 g/mol. The third kappa shape index (κ3) is 3.67. The van der Waals surface area contributed by atoms with Crippen molar-refractivity contribution in [3.63, 3.8) is 0 Å². The Hall–Kier alpha value is -0.550. The van der Waals surface area contributed by atoms with Crippen molar-refractivity contribution in [1.82, 2.24) is 5.32 Å². The van der Waals surface area contributed by atoms with Gasteiger partial charge >= 0.3 is 0 Å². The zero-order chi connectivity index (χ0) is 10.6. The van der Waals surface area contributed by atoms with Crippen LogP contribution in [-0.4, -0.2) is 13.0 Å². The Bertz CT molecular complexity index is 304. The van der Waals surface area contributed by atoms with E-state index >= 15 is 0 Å². The van der Waals surface area contributed by atoms with Crippen LogP contribution in [-0.2, 0) is 6.54 Å². The highest BCUT2D eigenvalue weighted by molar-refractivity contribution is 9.10. The van der Waals surface area contributed by atoms with Crippen LogP contribution in [0.5, 0.6) is 0 Å². The van der Waals surface area contributed by atoms with Crippen LogP contribution in [0.3, 0.4) is 0 Å². The first kappa shape index (κ1) is 11.5. The summed E-state index contributed by atoms with van der Waals surface area (Å²) in [6.45, 7) is -0.0605. The molecule has 0 radical (unpaired) electrons. The van der Waals surface area contributed by atoms with Gasteiger partial charge in [0, 0.05) is 11.0 Å². The third-order valence-corrected chi connectivity index (χ3v) is 2.37. The Labute approximate surface area is 88.4 Å². The molecule has 0 aliphatic carbocycles. The molecule has 0 heterocycles. The van der Waals surface area contributed by atoms with E-state index < -0.39 is 6.43 Å². The van der Waals surface area contributed by atoms with Crippen LogP contribution in [0.15, 0.2) is 22.7 Å². The van der Waals surface area contributed by atoms with Crippen LogP contribution < -0.4 is 5.32 Å². The number of alkyl halides is 2. The Morgan fingerprint density at radius 3 is 2.64 bits per heavy atom. The summed E-state index contributed by atoms with van der Waals surface area (Å²) in [5, 5.41) is 2.56. The van der Waals surface area contributed by atoms with Gasteiger partial charge in [-0.3, -0.25) is 0 Å². The molecule has 0 spiro atoms. The van der Waals surface area contributed by atoms with E-state index in [1.165, 1.54) is 12.1 Å². The van der Waals surface area contributed by atoms with Crippen molar-refractivity contribution in [2.75, 3.05) is 6.54 Å². The number of halogens is 4. The Morgan fingerprint density at radius 1 is 1.36 bits per heavy atom. The molecule has 1 nitrogen and oxygen atoms in total. The zero-order valence-corrected chi connectivity index (χ0v) is 8.82. The van der Waals surface area contributed by atoms with Crippen molar-refractivity contribution in [3.05, 3.63) is 34.1 Å². The van der Waals surface area contributed by atoms with Crippen molar-refractivity contribution in [1.29, 1.82) is 0 Å². The highest BCUT2D eigenvalue weighted by atomic mass is 79.9. The highest BCUT2D eigenvalue weighted by Gasteiger charge is 2.04. The minimum absolute atomic E-state index is 0.297. The van der Waals surface area contributed by atoms with E-state index in [-0.39, 0.29) is 12.4 Å². The molecule has 1 aromatic rings. The lowest BCUT2D eigenvalue weighted by atomic mass is 10.2. The molecular formula is C9H9BrF3N. The van der Waals surface area contributed by atoms with Crippen molar-refractivity contribution >= 4 is 15.9 Å². The lowest BCUT2D eigenvalue weighted by molar-refractivity contribution is 0.145. The van der Waals surface area contributed by atoms with Crippen molar-refractivity contribution in [2.24, 2.45) is 0 Å². The molecule has 0 fully saturated rings. The van der Waals surface area contributed by atoms with E-state index in [0.29, 0.717) is 11.0 Å². The van der Waals surface area contributed by atoms with Crippen molar-refractivity contribution < 1.29 is 13.2 Å². The summed E-state index contributed by atoms with van der Waals surface area (Å²) in [6, 6.07) is 4.15. The standard InChI is InChI=1S/C9H9BrF3N/c10-8-3-7(11)2-1-6(8)4-14-5-9(12)13/h1-3,9,14H,4-5H2. The fourth-order valence-corrected chi connectivity index (χ4v) is 1.47. The summed E-state index contributed by atoms with van der Waals surface area (Å²) >= 11 is 3.15. The minimum Gasteiger partial charge on any atom is -0.307 e. The predicted octanol–water partition coefficient (Wildman–Crippen LogP) is 2.94. The van der Waals surface area contributed by atoms with Crippen LogP contribution in [0.1, 0.15) is 5.56 Å². The molecule has 0 saturated carbocycles. The van der Waals surface area contributed by atoms with E-state index in [1.54, 1.807) is 6.07 Å². The molecule has 5 heteroatoms. The third-order valence-electron chi connectivity index (χ3n) is 1.63. The zero-order valence-electron chi connectivity index (χ0n) is 7.24. The molecule has 1 N–H and O–H groups in total. The second-order valence-electron chi connectivity index (χ2n) is 2.76. The SMILES string of the molecule is Fc1ccc(CNCC(F)F)c(Br)c1. The average molecular weight is 268 g/mol. The first-order valence-corrected chi connectivity index (χ1v) is 4.81. The molecule has 0 aliphatic heterocycles. The number of rotatable bonds is 4. The average Bonchev–Trinajstić information content (AvgIpc) is 2.08. The second-order valence-corrected chi connectivity index (χ2v) is 3.61. The second kappa shape index (κ2) is 5.36. The maximum absolute atomic E-state index is 12.6. The number of nitrogens with one attached hydrogen (secondary N) is 1. The van der Waals surface area contributed by atoms with Crippen LogP contribution >= 0.6 is 15.9 Å². The maximum Gasteiger partial charge on any atom is 0.250 e. The Morgan fingerprint density at radius 2 is 2.07 bits per heavy atom. The number of hydrogen-bond donors (Lipinski definition) is 1. The molecule has 0 atom stereocenters. The van der Waals surface area contributed by atoms with Crippen molar-refractivity contribution in [3.8, 4) is 0 Å². The summed E-state index contributed by atoms with van der Waals surface area (Å²) in [7, 11) is 0. The van der Waals surface area contributed by atoms with Gasteiger partial charge in [-0.1, -0.05) is 22.0 Å². The van der Waals surface area contributed by atoms with Gasteiger partial charge < -0.3 is 5.32 Å². The predicted molar refractivity (Wildman–Crippen MR) is 51.8 cm³/mol. The summed E-state index contributed by atoms with van der Waals surface area (Å²) < 4.78 is 36.7. The Balaban J connectivity index is 2.51. The molecule has 0 amide bonds. The van der Waals surface area contributed by atoms with Gasteiger partial charge in [0.2, 0.25) is 0 Å². The van der Waals surface area contributed by atoms with Crippen LogP contribution in [0.4, 0.5) is 13.2 Å². The van der Waals surface area contributed by atoms with Gasteiger partial charge in [0.05, 0.1) is 6.54 Å². The molecule has 0 bridgehead atoms. The van der Waals surface area contributed by atoms with Gasteiger partial charge in [-0.15, -0.1) is 0 Å². The fraction of sp³-hybridized carbons (Fsp3) is 0.333. The molecule has 14 heavy (non-hydrogen) atoms. The van der Waals surface area contributed by atoms with Gasteiger partial charge in [0.15, 0.2) is 0 Å². The summed E-state index contributed by atoms with van der Waals surface area (Å²) in [5.41, 5.74) is 0.757. The van der Waals surface area contributed by atoms with E-state index in [4.69, 9.17) is 0 Å². The quantitative estimate of drug-likeness (QED) is 0.885. The first-order valence-electron chi connectivity index (χ1n) is 4.02. The largest absolute Gasteiger partial charge is 0.307 e. The molecule has 0 unspecified atom stereocenters. The molecule has 0 aromatic heterocycles. The molecular weight excluding hydrogens is 259 g/mol. The van der Waals surface area contributed by atoms with Gasteiger partial charge in [-0.2, -0.15) is 0 Å². The van der Waals surface area contributed by atoms with Crippen LogP contribution in [0, 0.1) is 5.82 Å². The van der Waals surface area contributed by atoms with E-state index in [9.17, 15) is 13.2 Å². The highest BCUT2D eigenvalue weighted by Crippen LogP contribution is 2.17.